The second-order valence-corrected chi connectivity index (χ2v) is 6.81. The number of para-hydroxylation sites is 1. The molecule has 24 heavy (non-hydrogen) atoms. The van der Waals surface area contributed by atoms with E-state index in [9.17, 15) is 4.79 Å². The monoisotopic (exact) mass is 325 g/mol. The van der Waals surface area contributed by atoms with Gasteiger partial charge < -0.3 is 9.47 Å². The minimum absolute atomic E-state index is 0.180. The van der Waals surface area contributed by atoms with Gasteiger partial charge in [0, 0.05) is 24.8 Å². The quantitative estimate of drug-likeness (QED) is 0.844. The molecule has 2 aliphatic heterocycles. The highest BCUT2D eigenvalue weighted by Gasteiger charge is 2.30. The molecule has 0 bridgehead atoms. The van der Waals surface area contributed by atoms with Crippen molar-refractivity contribution in [2.45, 2.75) is 45.8 Å². The van der Waals surface area contributed by atoms with Gasteiger partial charge in [-0.3, -0.25) is 9.69 Å². The Balaban J connectivity index is 1.51. The van der Waals surface area contributed by atoms with Crippen molar-refractivity contribution in [2.75, 3.05) is 18.0 Å². The Labute approximate surface area is 142 Å². The van der Waals surface area contributed by atoms with Crippen molar-refractivity contribution in [3.05, 3.63) is 41.5 Å². The Kier molecular flexibility index (Phi) is 3.84. The molecular formula is C18H23N5O. The summed E-state index contributed by atoms with van der Waals surface area (Å²) in [6, 6.07) is 8.52. The van der Waals surface area contributed by atoms with E-state index in [1.807, 2.05) is 17.9 Å². The fourth-order valence-electron chi connectivity index (χ4n) is 3.82. The highest BCUT2D eigenvalue weighted by atomic mass is 16.2. The second-order valence-electron chi connectivity index (χ2n) is 6.81. The van der Waals surface area contributed by atoms with Gasteiger partial charge in [0.05, 0.1) is 13.1 Å². The molecule has 126 valence electrons. The fraction of sp³-hybridized carbons (Fsp3) is 0.500. The normalized spacial score (nSPS) is 20.6. The summed E-state index contributed by atoms with van der Waals surface area (Å²) < 4.78 is 2.14. The number of hydrogen-bond acceptors (Lipinski definition) is 4. The summed E-state index contributed by atoms with van der Waals surface area (Å²) in [5, 5.41) is 8.36. The molecule has 0 spiro atoms. The molecule has 0 N–H and O–H groups in total. The van der Waals surface area contributed by atoms with Gasteiger partial charge in [-0.2, -0.15) is 0 Å². The van der Waals surface area contributed by atoms with Crippen molar-refractivity contribution in [3.8, 4) is 0 Å². The number of benzene rings is 1. The molecule has 2 aromatic rings. The standard InChI is InChI=1S/C18H23N5O/c1-13-7-8-15-5-3-4-6-16(15)23(13)18(24)12-21-9-10-22-14(2)19-20-17(22)11-21/h3-6,13H,7-12H2,1-2H3/t13-/m0/s1. The van der Waals surface area contributed by atoms with Gasteiger partial charge in [-0.25, -0.2) is 0 Å². The predicted molar refractivity (Wildman–Crippen MR) is 91.7 cm³/mol. The van der Waals surface area contributed by atoms with Crippen LogP contribution in [-0.4, -0.2) is 44.7 Å². The van der Waals surface area contributed by atoms with E-state index < -0.39 is 0 Å². The van der Waals surface area contributed by atoms with E-state index in [0.29, 0.717) is 13.1 Å². The van der Waals surface area contributed by atoms with E-state index in [-0.39, 0.29) is 11.9 Å². The number of aryl methyl sites for hydroxylation is 2. The highest BCUT2D eigenvalue weighted by molar-refractivity contribution is 5.96. The lowest BCUT2D eigenvalue weighted by molar-refractivity contribution is -0.120. The Bertz CT molecular complexity index is 769. The first kappa shape index (κ1) is 15.3. The SMILES string of the molecule is Cc1nnc2n1CCN(CC(=O)N1c3ccccc3CC[C@@H]1C)C2. The minimum atomic E-state index is 0.180. The number of carbonyl (C=O) groups is 1. The number of fused-ring (bicyclic) bond motifs is 2. The summed E-state index contributed by atoms with van der Waals surface area (Å²) in [6.45, 7) is 6.96. The molecule has 2 aliphatic rings. The molecule has 0 aliphatic carbocycles. The largest absolute Gasteiger partial charge is 0.313 e. The van der Waals surface area contributed by atoms with Gasteiger partial charge >= 0.3 is 0 Å². The van der Waals surface area contributed by atoms with Crippen LogP contribution in [0.2, 0.25) is 0 Å². The van der Waals surface area contributed by atoms with E-state index >= 15 is 0 Å². The number of anilines is 1. The third-order valence-electron chi connectivity index (χ3n) is 5.17. The Morgan fingerprint density at radius 1 is 1.25 bits per heavy atom. The van der Waals surface area contributed by atoms with Crippen LogP contribution in [0.3, 0.4) is 0 Å². The molecule has 1 aromatic carbocycles. The summed E-state index contributed by atoms with van der Waals surface area (Å²) in [5.74, 6) is 2.09. The predicted octanol–water partition coefficient (Wildman–Crippen LogP) is 1.77. The molecule has 0 unspecified atom stereocenters. The average Bonchev–Trinajstić information content (AvgIpc) is 2.95. The lowest BCUT2D eigenvalue weighted by Crippen LogP contribution is -2.48. The number of rotatable bonds is 2. The van der Waals surface area contributed by atoms with Crippen LogP contribution in [0.15, 0.2) is 24.3 Å². The summed E-state index contributed by atoms with van der Waals surface area (Å²) >= 11 is 0. The lowest BCUT2D eigenvalue weighted by Gasteiger charge is -2.37. The van der Waals surface area contributed by atoms with Crippen molar-refractivity contribution in [1.29, 1.82) is 0 Å². The van der Waals surface area contributed by atoms with E-state index in [4.69, 9.17) is 0 Å². The summed E-state index contributed by atoms with van der Waals surface area (Å²) in [5.41, 5.74) is 2.36. The number of aromatic nitrogens is 3. The van der Waals surface area contributed by atoms with Crippen LogP contribution >= 0.6 is 0 Å². The van der Waals surface area contributed by atoms with Crippen molar-refractivity contribution < 1.29 is 4.79 Å². The maximum Gasteiger partial charge on any atom is 0.241 e. The molecule has 1 amide bonds. The maximum atomic E-state index is 13.0. The molecule has 6 nitrogen and oxygen atoms in total. The summed E-state index contributed by atoms with van der Waals surface area (Å²) in [4.78, 5) is 17.2. The second kappa shape index (κ2) is 6.02. The molecular weight excluding hydrogens is 302 g/mol. The third kappa shape index (κ3) is 2.60. The van der Waals surface area contributed by atoms with Crippen LogP contribution in [0, 0.1) is 6.92 Å². The van der Waals surface area contributed by atoms with Gasteiger partial charge in [-0.1, -0.05) is 18.2 Å². The number of hydrogen-bond donors (Lipinski definition) is 0. The zero-order chi connectivity index (χ0) is 16.7. The zero-order valence-corrected chi connectivity index (χ0v) is 14.3. The van der Waals surface area contributed by atoms with Crippen LogP contribution < -0.4 is 4.90 Å². The van der Waals surface area contributed by atoms with Crippen molar-refractivity contribution in [3.63, 3.8) is 0 Å². The number of nitrogens with zero attached hydrogens (tertiary/aromatic N) is 5. The maximum absolute atomic E-state index is 13.0. The van der Waals surface area contributed by atoms with Crippen LogP contribution in [0.25, 0.3) is 0 Å². The Morgan fingerprint density at radius 3 is 2.96 bits per heavy atom. The van der Waals surface area contributed by atoms with Crippen molar-refractivity contribution in [2.24, 2.45) is 0 Å². The van der Waals surface area contributed by atoms with E-state index in [0.717, 1.165) is 43.3 Å². The van der Waals surface area contributed by atoms with Gasteiger partial charge in [0.1, 0.15) is 11.6 Å². The molecule has 0 saturated carbocycles. The number of carbonyl (C=O) groups excluding carboxylic acids is 1. The highest BCUT2D eigenvalue weighted by Crippen LogP contribution is 2.30. The number of amides is 1. The van der Waals surface area contributed by atoms with E-state index in [1.54, 1.807) is 0 Å². The van der Waals surface area contributed by atoms with Gasteiger partial charge in [0.15, 0.2) is 0 Å². The minimum Gasteiger partial charge on any atom is -0.313 e. The van der Waals surface area contributed by atoms with Crippen LogP contribution in [0.4, 0.5) is 5.69 Å². The molecule has 6 heteroatoms. The summed E-state index contributed by atoms with van der Waals surface area (Å²) in [7, 11) is 0. The topological polar surface area (TPSA) is 54.3 Å². The van der Waals surface area contributed by atoms with Crippen LogP contribution in [-0.2, 0) is 24.3 Å². The average molecular weight is 325 g/mol. The molecule has 3 heterocycles. The van der Waals surface area contributed by atoms with Gasteiger partial charge in [0.25, 0.3) is 0 Å². The third-order valence-corrected chi connectivity index (χ3v) is 5.17. The molecule has 1 atom stereocenters. The first-order valence-corrected chi connectivity index (χ1v) is 8.64. The zero-order valence-electron chi connectivity index (χ0n) is 14.3. The van der Waals surface area contributed by atoms with Gasteiger partial charge in [-0.05, 0) is 38.3 Å². The molecule has 4 rings (SSSR count). The molecule has 0 radical (unpaired) electrons. The van der Waals surface area contributed by atoms with Crippen LogP contribution in [0.1, 0.15) is 30.6 Å². The first-order valence-electron chi connectivity index (χ1n) is 8.64. The molecule has 1 aromatic heterocycles. The summed E-state index contributed by atoms with van der Waals surface area (Å²) in [6.07, 6.45) is 2.07. The van der Waals surface area contributed by atoms with E-state index in [1.165, 1.54) is 5.56 Å². The Hall–Kier alpha value is -2.21. The molecule has 0 saturated heterocycles. The van der Waals surface area contributed by atoms with Gasteiger partial charge in [0.2, 0.25) is 5.91 Å². The first-order chi connectivity index (χ1) is 11.6. The van der Waals surface area contributed by atoms with Crippen LogP contribution in [0.5, 0.6) is 0 Å². The fourth-order valence-corrected chi connectivity index (χ4v) is 3.82. The van der Waals surface area contributed by atoms with Crippen molar-refractivity contribution in [1.82, 2.24) is 19.7 Å². The smallest absolute Gasteiger partial charge is 0.241 e. The van der Waals surface area contributed by atoms with Crippen molar-refractivity contribution >= 4 is 11.6 Å². The van der Waals surface area contributed by atoms with E-state index in [2.05, 4.69) is 44.8 Å². The Morgan fingerprint density at radius 2 is 2.08 bits per heavy atom. The van der Waals surface area contributed by atoms with Gasteiger partial charge in [-0.15, -0.1) is 10.2 Å². The molecule has 0 fully saturated rings. The lowest BCUT2D eigenvalue weighted by atomic mass is 9.96.